The van der Waals surface area contributed by atoms with Gasteiger partial charge in [0.25, 0.3) is 0 Å². The minimum Gasteiger partial charge on any atom is -0.340 e. The lowest BCUT2D eigenvalue weighted by Crippen LogP contribution is -2.51. The number of sulfonamides is 1. The van der Waals surface area contributed by atoms with E-state index in [2.05, 4.69) is 9.62 Å². The van der Waals surface area contributed by atoms with Crippen molar-refractivity contribution >= 4 is 15.9 Å². The van der Waals surface area contributed by atoms with Crippen LogP contribution in [0.2, 0.25) is 0 Å². The third-order valence-electron chi connectivity index (χ3n) is 5.64. The number of benzene rings is 1. The molecular formula is C19H29N3O3S. The van der Waals surface area contributed by atoms with E-state index in [-0.39, 0.29) is 10.8 Å². The van der Waals surface area contributed by atoms with Gasteiger partial charge in [-0.15, -0.1) is 0 Å². The van der Waals surface area contributed by atoms with Crippen LogP contribution in [0.4, 0.5) is 0 Å². The van der Waals surface area contributed by atoms with Gasteiger partial charge in [0.2, 0.25) is 15.9 Å². The summed E-state index contributed by atoms with van der Waals surface area (Å²) in [4.78, 5) is 17.3. The zero-order chi connectivity index (χ0) is 18.6. The van der Waals surface area contributed by atoms with E-state index in [1.54, 1.807) is 24.3 Å². The molecule has 0 unspecified atom stereocenters. The maximum Gasteiger partial charge on any atom is 0.240 e. The summed E-state index contributed by atoms with van der Waals surface area (Å²) in [6.45, 7) is 3.64. The topological polar surface area (TPSA) is 69.7 Å². The Kier molecular flexibility index (Phi) is 6.32. The number of nitrogens with one attached hydrogen (secondary N) is 1. The lowest BCUT2D eigenvalue weighted by atomic mass is 10.1. The van der Waals surface area contributed by atoms with E-state index in [1.807, 2.05) is 4.90 Å². The van der Waals surface area contributed by atoms with Crippen molar-refractivity contribution in [2.24, 2.45) is 0 Å². The molecule has 0 radical (unpaired) electrons. The van der Waals surface area contributed by atoms with Gasteiger partial charge in [0, 0.05) is 38.6 Å². The van der Waals surface area contributed by atoms with Crippen molar-refractivity contribution in [2.45, 2.75) is 49.5 Å². The van der Waals surface area contributed by atoms with Gasteiger partial charge in [0.05, 0.1) is 4.90 Å². The SMILES string of the molecule is CNS(=O)(=O)c1ccc(CCC(=O)N2CCN(C3CCCC3)CC2)cc1. The van der Waals surface area contributed by atoms with Crippen LogP contribution in [0.3, 0.4) is 0 Å². The van der Waals surface area contributed by atoms with Crippen molar-refractivity contribution in [1.82, 2.24) is 14.5 Å². The first kappa shape index (κ1) is 19.3. The molecule has 1 heterocycles. The lowest BCUT2D eigenvalue weighted by molar-refractivity contribution is -0.133. The van der Waals surface area contributed by atoms with E-state index in [1.165, 1.54) is 32.7 Å². The highest BCUT2D eigenvalue weighted by atomic mass is 32.2. The van der Waals surface area contributed by atoms with Crippen molar-refractivity contribution in [2.75, 3.05) is 33.2 Å². The first-order valence-corrected chi connectivity index (χ1v) is 11.0. The van der Waals surface area contributed by atoms with Gasteiger partial charge in [0.1, 0.15) is 0 Å². The quantitative estimate of drug-likeness (QED) is 0.815. The molecule has 2 aliphatic rings. The van der Waals surface area contributed by atoms with Crippen LogP contribution in [0.25, 0.3) is 0 Å². The highest BCUT2D eigenvalue weighted by molar-refractivity contribution is 7.89. The van der Waals surface area contributed by atoms with Crippen LogP contribution < -0.4 is 4.72 Å². The highest BCUT2D eigenvalue weighted by Crippen LogP contribution is 2.24. The third-order valence-corrected chi connectivity index (χ3v) is 7.07. The van der Waals surface area contributed by atoms with E-state index in [9.17, 15) is 13.2 Å². The Morgan fingerprint density at radius 3 is 2.27 bits per heavy atom. The molecule has 1 amide bonds. The number of hydrogen-bond acceptors (Lipinski definition) is 4. The van der Waals surface area contributed by atoms with Crippen molar-refractivity contribution in [1.29, 1.82) is 0 Å². The van der Waals surface area contributed by atoms with E-state index < -0.39 is 10.0 Å². The molecular weight excluding hydrogens is 350 g/mol. The second kappa shape index (κ2) is 8.50. The van der Waals surface area contributed by atoms with Crippen LogP contribution in [0, 0.1) is 0 Å². The Labute approximate surface area is 156 Å². The number of nitrogens with zero attached hydrogens (tertiary/aromatic N) is 2. The van der Waals surface area contributed by atoms with Crippen molar-refractivity contribution in [3.8, 4) is 0 Å². The van der Waals surface area contributed by atoms with Crippen LogP contribution in [0.1, 0.15) is 37.7 Å². The van der Waals surface area contributed by atoms with Crippen LogP contribution >= 0.6 is 0 Å². The van der Waals surface area contributed by atoms with Gasteiger partial charge < -0.3 is 4.90 Å². The van der Waals surface area contributed by atoms with E-state index in [4.69, 9.17) is 0 Å². The molecule has 1 saturated carbocycles. The van der Waals surface area contributed by atoms with E-state index in [0.717, 1.165) is 37.8 Å². The number of piperazine rings is 1. The van der Waals surface area contributed by atoms with E-state index in [0.29, 0.717) is 12.8 Å². The number of amides is 1. The Hall–Kier alpha value is -1.44. The van der Waals surface area contributed by atoms with Gasteiger partial charge in [-0.05, 0) is 44.0 Å². The molecule has 7 heteroatoms. The number of hydrogen-bond donors (Lipinski definition) is 1. The zero-order valence-electron chi connectivity index (χ0n) is 15.5. The fraction of sp³-hybridized carbons (Fsp3) is 0.632. The van der Waals surface area contributed by atoms with Crippen LogP contribution in [0.5, 0.6) is 0 Å². The monoisotopic (exact) mass is 379 g/mol. The number of carbonyl (C=O) groups excluding carboxylic acids is 1. The maximum atomic E-state index is 12.5. The Morgan fingerprint density at radius 1 is 1.08 bits per heavy atom. The predicted molar refractivity (Wildman–Crippen MR) is 101 cm³/mol. The smallest absolute Gasteiger partial charge is 0.240 e. The molecule has 3 rings (SSSR count). The molecule has 1 N–H and O–H groups in total. The average molecular weight is 380 g/mol. The van der Waals surface area contributed by atoms with E-state index >= 15 is 0 Å². The first-order valence-electron chi connectivity index (χ1n) is 9.54. The molecule has 2 fully saturated rings. The van der Waals surface area contributed by atoms with Crippen molar-refractivity contribution in [3.05, 3.63) is 29.8 Å². The largest absolute Gasteiger partial charge is 0.340 e. The van der Waals surface area contributed by atoms with Gasteiger partial charge in [-0.1, -0.05) is 25.0 Å². The molecule has 6 nitrogen and oxygen atoms in total. The number of rotatable bonds is 6. The summed E-state index contributed by atoms with van der Waals surface area (Å²) in [5, 5.41) is 0. The standard InChI is InChI=1S/C19H29N3O3S/c1-20-26(24,25)18-9-6-16(7-10-18)8-11-19(23)22-14-12-21(13-15-22)17-4-2-3-5-17/h6-7,9-10,17,20H,2-5,8,11-15H2,1H3. The molecule has 0 bridgehead atoms. The average Bonchev–Trinajstić information content (AvgIpc) is 3.21. The summed E-state index contributed by atoms with van der Waals surface area (Å²) in [5.41, 5.74) is 0.984. The fourth-order valence-electron chi connectivity index (χ4n) is 3.97. The molecule has 26 heavy (non-hydrogen) atoms. The first-order chi connectivity index (χ1) is 12.5. The second-order valence-corrected chi connectivity index (χ2v) is 9.09. The molecule has 1 aromatic carbocycles. The van der Waals surface area contributed by atoms with Gasteiger partial charge in [-0.2, -0.15) is 0 Å². The molecule has 0 atom stereocenters. The number of aryl methyl sites for hydroxylation is 1. The highest BCUT2D eigenvalue weighted by Gasteiger charge is 2.27. The molecule has 1 aromatic rings. The second-order valence-electron chi connectivity index (χ2n) is 7.21. The summed E-state index contributed by atoms with van der Waals surface area (Å²) < 4.78 is 25.8. The molecule has 0 aromatic heterocycles. The van der Waals surface area contributed by atoms with Crippen molar-refractivity contribution in [3.63, 3.8) is 0 Å². The summed E-state index contributed by atoms with van der Waals surface area (Å²) in [6.07, 6.45) is 6.43. The van der Waals surface area contributed by atoms with Crippen LogP contribution in [0.15, 0.2) is 29.2 Å². The van der Waals surface area contributed by atoms with Gasteiger partial charge in [-0.25, -0.2) is 13.1 Å². The Balaban J connectivity index is 1.45. The Bertz CT molecular complexity index is 704. The predicted octanol–water partition coefficient (Wildman–Crippen LogP) is 1.61. The molecule has 1 aliphatic heterocycles. The maximum absolute atomic E-state index is 12.5. The minimum atomic E-state index is -3.41. The number of carbonyl (C=O) groups is 1. The zero-order valence-corrected chi connectivity index (χ0v) is 16.3. The molecule has 1 saturated heterocycles. The lowest BCUT2D eigenvalue weighted by Gasteiger charge is -2.38. The van der Waals surface area contributed by atoms with Gasteiger partial charge in [0.15, 0.2) is 0 Å². The summed E-state index contributed by atoms with van der Waals surface area (Å²) in [7, 11) is -2.01. The summed E-state index contributed by atoms with van der Waals surface area (Å²) >= 11 is 0. The minimum absolute atomic E-state index is 0.197. The summed E-state index contributed by atoms with van der Waals surface area (Å²) in [6, 6.07) is 7.49. The van der Waals surface area contributed by atoms with Crippen molar-refractivity contribution < 1.29 is 13.2 Å². The molecule has 1 aliphatic carbocycles. The molecule has 144 valence electrons. The molecule has 0 spiro atoms. The van der Waals surface area contributed by atoms with Crippen LogP contribution in [-0.4, -0.2) is 63.4 Å². The van der Waals surface area contributed by atoms with Gasteiger partial charge in [-0.3, -0.25) is 9.69 Å². The normalized spacial score (nSPS) is 19.8. The third kappa shape index (κ3) is 4.64. The fourth-order valence-corrected chi connectivity index (χ4v) is 4.70. The summed E-state index contributed by atoms with van der Waals surface area (Å²) in [5.74, 6) is 0.197. The Morgan fingerprint density at radius 2 is 1.69 bits per heavy atom. The van der Waals surface area contributed by atoms with Gasteiger partial charge >= 0.3 is 0 Å². The van der Waals surface area contributed by atoms with Crippen LogP contribution in [-0.2, 0) is 21.2 Å².